The Morgan fingerprint density at radius 1 is 1.30 bits per heavy atom. The fraction of sp³-hybridized carbons (Fsp3) is 0.462. The fourth-order valence-electron chi connectivity index (χ4n) is 1.43. The molecular weight excluding hydrogens is 290 g/mol. The molecule has 0 aliphatic rings. The molecule has 0 aliphatic carbocycles. The van der Waals surface area contributed by atoms with Crippen molar-refractivity contribution in [3.63, 3.8) is 0 Å². The van der Waals surface area contributed by atoms with Crippen LogP contribution in [-0.2, 0) is 4.79 Å². The molecular formula is C13H19ClF2N2O2. The maximum absolute atomic E-state index is 13.0. The quantitative estimate of drug-likeness (QED) is 0.756. The Morgan fingerprint density at radius 2 is 2.00 bits per heavy atom. The van der Waals surface area contributed by atoms with Gasteiger partial charge in [-0.3, -0.25) is 4.79 Å². The van der Waals surface area contributed by atoms with E-state index in [-0.39, 0.29) is 24.1 Å². The normalized spacial score (nSPS) is 11.4. The molecule has 0 aliphatic heterocycles. The van der Waals surface area contributed by atoms with E-state index in [4.69, 9.17) is 4.74 Å². The van der Waals surface area contributed by atoms with Crippen LogP contribution in [0.15, 0.2) is 18.2 Å². The maximum Gasteiger partial charge on any atom is 0.260 e. The molecule has 2 N–H and O–H groups in total. The summed E-state index contributed by atoms with van der Waals surface area (Å²) in [5.74, 6) is -2.12. The molecule has 0 aromatic heterocycles. The second kappa shape index (κ2) is 9.50. The highest BCUT2D eigenvalue weighted by atomic mass is 35.5. The lowest BCUT2D eigenvalue weighted by atomic mass is 10.3. The lowest BCUT2D eigenvalue weighted by molar-refractivity contribution is -0.127. The smallest absolute Gasteiger partial charge is 0.260 e. The summed E-state index contributed by atoms with van der Waals surface area (Å²) in [4.78, 5) is 11.6. The molecule has 1 unspecified atom stereocenters. The van der Waals surface area contributed by atoms with E-state index in [0.29, 0.717) is 6.54 Å². The van der Waals surface area contributed by atoms with Crippen molar-refractivity contribution in [2.75, 3.05) is 20.1 Å². The van der Waals surface area contributed by atoms with E-state index >= 15 is 0 Å². The zero-order valence-electron chi connectivity index (χ0n) is 11.4. The van der Waals surface area contributed by atoms with Crippen molar-refractivity contribution < 1.29 is 18.3 Å². The van der Waals surface area contributed by atoms with Crippen molar-refractivity contribution in [2.24, 2.45) is 0 Å². The molecule has 0 saturated heterocycles. The van der Waals surface area contributed by atoms with Crippen molar-refractivity contribution in [1.29, 1.82) is 0 Å². The first-order valence-corrected chi connectivity index (χ1v) is 6.08. The van der Waals surface area contributed by atoms with Gasteiger partial charge in [-0.15, -0.1) is 12.4 Å². The van der Waals surface area contributed by atoms with E-state index in [2.05, 4.69) is 10.6 Å². The van der Waals surface area contributed by atoms with E-state index in [1.54, 1.807) is 6.92 Å². The lowest BCUT2D eigenvalue weighted by Crippen LogP contribution is -2.37. The van der Waals surface area contributed by atoms with E-state index in [1.165, 1.54) is 6.07 Å². The van der Waals surface area contributed by atoms with E-state index in [1.807, 2.05) is 7.05 Å². The van der Waals surface area contributed by atoms with Gasteiger partial charge in [0.1, 0.15) is 5.75 Å². The number of hydrogen-bond donors (Lipinski definition) is 2. The molecule has 20 heavy (non-hydrogen) atoms. The van der Waals surface area contributed by atoms with Crippen molar-refractivity contribution >= 4 is 18.3 Å². The van der Waals surface area contributed by atoms with Crippen LogP contribution >= 0.6 is 12.4 Å². The van der Waals surface area contributed by atoms with Gasteiger partial charge in [-0.05, 0) is 39.1 Å². The van der Waals surface area contributed by atoms with Gasteiger partial charge in [-0.2, -0.15) is 0 Å². The van der Waals surface area contributed by atoms with Crippen molar-refractivity contribution in [1.82, 2.24) is 10.6 Å². The van der Waals surface area contributed by atoms with Crippen LogP contribution in [0.25, 0.3) is 0 Å². The number of hydrogen-bond acceptors (Lipinski definition) is 3. The summed E-state index contributed by atoms with van der Waals surface area (Å²) < 4.78 is 30.9. The summed E-state index contributed by atoms with van der Waals surface area (Å²) in [5, 5.41) is 5.65. The molecule has 114 valence electrons. The highest BCUT2D eigenvalue weighted by Gasteiger charge is 2.14. The van der Waals surface area contributed by atoms with Gasteiger partial charge in [0.15, 0.2) is 17.7 Å². The zero-order valence-corrected chi connectivity index (χ0v) is 12.2. The SMILES string of the molecule is CNCCCNC(=O)C(C)Oc1ccc(F)c(F)c1.Cl. The number of amides is 1. The molecule has 1 rings (SSSR count). The van der Waals surface area contributed by atoms with Crippen LogP contribution < -0.4 is 15.4 Å². The summed E-state index contributed by atoms with van der Waals surface area (Å²) in [6.07, 6.45) is 0.0413. The van der Waals surface area contributed by atoms with Crippen LogP contribution in [0.4, 0.5) is 8.78 Å². The number of carbonyl (C=O) groups is 1. The Morgan fingerprint density at radius 3 is 2.60 bits per heavy atom. The first kappa shape index (κ1) is 18.6. The summed E-state index contributed by atoms with van der Waals surface area (Å²) in [5.41, 5.74) is 0. The zero-order chi connectivity index (χ0) is 14.3. The van der Waals surface area contributed by atoms with Crippen LogP contribution in [0.3, 0.4) is 0 Å². The number of carbonyl (C=O) groups excluding carboxylic acids is 1. The number of rotatable bonds is 7. The van der Waals surface area contributed by atoms with Gasteiger partial charge in [0, 0.05) is 12.6 Å². The Labute approximate surface area is 123 Å². The molecule has 0 bridgehead atoms. The number of halogens is 3. The van der Waals surface area contributed by atoms with Crippen molar-refractivity contribution in [2.45, 2.75) is 19.4 Å². The first-order chi connectivity index (χ1) is 9.04. The molecule has 1 aromatic rings. The topological polar surface area (TPSA) is 50.4 Å². The Hall–Kier alpha value is -1.40. The summed E-state index contributed by atoms with van der Waals surface area (Å²) in [6.45, 7) is 2.89. The van der Waals surface area contributed by atoms with Crippen molar-refractivity contribution in [3.05, 3.63) is 29.8 Å². The van der Waals surface area contributed by atoms with Gasteiger partial charge >= 0.3 is 0 Å². The van der Waals surface area contributed by atoms with Gasteiger partial charge in [0.05, 0.1) is 0 Å². The monoisotopic (exact) mass is 308 g/mol. The molecule has 0 radical (unpaired) electrons. The average Bonchev–Trinajstić information content (AvgIpc) is 2.38. The third-order valence-electron chi connectivity index (χ3n) is 2.48. The minimum Gasteiger partial charge on any atom is -0.481 e. The van der Waals surface area contributed by atoms with Crippen LogP contribution in [0.5, 0.6) is 5.75 Å². The summed E-state index contributed by atoms with van der Waals surface area (Å²) >= 11 is 0. The molecule has 1 amide bonds. The second-order valence-electron chi connectivity index (χ2n) is 4.08. The average molecular weight is 309 g/mol. The molecule has 0 heterocycles. The van der Waals surface area contributed by atoms with Crippen LogP contribution in [0, 0.1) is 11.6 Å². The fourth-order valence-corrected chi connectivity index (χ4v) is 1.43. The van der Waals surface area contributed by atoms with Crippen LogP contribution in [0.1, 0.15) is 13.3 Å². The Balaban J connectivity index is 0.00000361. The van der Waals surface area contributed by atoms with Crippen LogP contribution in [0.2, 0.25) is 0 Å². The van der Waals surface area contributed by atoms with Gasteiger partial charge < -0.3 is 15.4 Å². The third kappa shape index (κ3) is 6.16. The van der Waals surface area contributed by atoms with Crippen LogP contribution in [-0.4, -0.2) is 32.1 Å². The van der Waals surface area contributed by atoms with E-state index < -0.39 is 17.7 Å². The molecule has 0 fully saturated rings. The summed E-state index contributed by atoms with van der Waals surface area (Å²) in [7, 11) is 1.83. The predicted octanol–water partition coefficient (Wildman–Crippen LogP) is 1.88. The minimum absolute atomic E-state index is 0. The molecule has 0 saturated carbocycles. The first-order valence-electron chi connectivity index (χ1n) is 6.08. The highest BCUT2D eigenvalue weighted by molar-refractivity contribution is 5.85. The second-order valence-corrected chi connectivity index (χ2v) is 4.08. The van der Waals surface area contributed by atoms with E-state index in [0.717, 1.165) is 25.1 Å². The largest absolute Gasteiger partial charge is 0.481 e. The number of benzene rings is 1. The molecule has 4 nitrogen and oxygen atoms in total. The Kier molecular flexibility index (Phi) is 8.83. The third-order valence-corrected chi connectivity index (χ3v) is 2.48. The lowest BCUT2D eigenvalue weighted by Gasteiger charge is -2.14. The maximum atomic E-state index is 13.0. The van der Waals surface area contributed by atoms with E-state index in [9.17, 15) is 13.6 Å². The molecule has 7 heteroatoms. The van der Waals surface area contributed by atoms with Gasteiger partial charge in [-0.25, -0.2) is 8.78 Å². The van der Waals surface area contributed by atoms with Gasteiger partial charge in [0.2, 0.25) is 0 Å². The molecule has 0 spiro atoms. The minimum atomic E-state index is -1.00. The highest BCUT2D eigenvalue weighted by Crippen LogP contribution is 2.16. The van der Waals surface area contributed by atoms with Gasteiger partial charge in [-0.1, -0.05) is 0 Å². The number of nitrogens with one attached hydrogen (secondary N) is 2. The van der Waals surface area contributed by atoms with Crippen molar-refractivity contribution in [3.8, 4) is 5.75 Å². The Bertz CT molecular complexity index is 433. The predicted molar refractivity (Wildman–Crippen MR) is 75.2 cm³/mol. The van der Waals surface area contributed by atoms with Gasteiger partial charge in [0.25, 0.3) is 5.91 Å². The number of ether oxygens (including phenoxy) is 1. The standard InChI is InChI=1S/C13H18F2N2O2.ClH/c1-9(13(18)17-7-3-6-16-2)19-10-4-5-11(14)12(15)8-10;/h4-5,8-9,16H,3,6-7H2,1-2H3,(H,17,18);1H. The molecule has 1 aromatic carbocycles. The molecule has 1 atom stereocenters. The summed E-state index contributed by atoms with van der Waals surface area (Å²) in [6, 6.07) is 3.16.